The van der Waals surface area contributed by atoms with Gasteiger partial charge in [0, 0.05) is 18.2 Å². The average Bonchev–Trinajstić information content (AvgIpc) is 2.87. The number of fused-ring (bicyclic) bond motifs is 1. The summed E-state index contributed by atoms with van der Waals surface area (Å²) in [6.07, 6.45) is 3.99. The minimum atomic E-state index is -0.0246. The molecular weight excluding hydrogens is 330 g/mol. The quantitative estimate of drug-likeness (QED) is 0.664. The molecule has 2 aromatic heterocycles. The third-order valence-corrected chi connectivity index (χ3v) is 4.74. The summed E-state index contributed by atoms with van der Waals surface area (Å²) in [6, 6.07) is 1.79. The van der Waals surface area contributed by atoms with E-state index in [0.29, 0.717) is 24.5 Å². The van der Waals surface area contributed by atoms with Gasteiger partial charge in [-0.1, -0.05) is 13.3 Å². The number of rotatable bonds is 9. The van der Waals surface area contributed by atoms with Crippen molar-refractivity contribution in [2.24, 2.45) is 0 Å². The van der Waals surface area contributed by atoms with Gasteiger partial charge >= 0.3 is 0 Å². The molecule has 7 heteroatoms. The van der Waals surface area contributed by atoms with E-state index >= 15 is 0 Å². The second kappa shape index (κ2) is 8.58. The zero-order valence-electron chi connectivity index (χ0n) is 16.7. The maximum absolute atomic E-state index is 10.2. The Bertz CT molecular complexity index is 721. The van der Waals surface area contributed by atoms with Crippen molar-refractivity contribution in [1.29, 1.82) is 0 Å². The molecule has 0 spiro atoms. The number of pyridine rings is 1. The molecule has 146 valence electrons. The van der Waals surface area contributed by atoms with Gasteiger partial charge in [-0.2, -0.15) is 9.97 Å². The molecule has 0 aliphatic rings. The van der Waals surface area contributed by atoms with Crippen LogP contribution in [0.5, 0.6) is 11.9 Å². The molecule has 0 unspecified atom stereocenters. The van der Waals surface area contributed by atoms with Crippen molar-refractivity contribution in [3.05, 3.63) is 6.07 Å². The lowest BCUT2D eigenvalue weighted by molar-refractivity contribution is 0.172. The molecule has 0 saturated heterocycles. The van der Waals surface area contributed by atoms with Crippen molar-refractivity contribution < 1.29 is 9.84 Å². The van der Waals surface area contributed by atoms with E-state index in [1.54, 1.807) is 4.57 Å². The zero-order chi connectivity index (χ0) is 19.3. The molecule has 0 amide bonds. The van der Waals surface area contributed by atoms with Crippen LogP contribution in [-0.4, -0.2) is 50.3 Å². The fraction of sp³-hybridized carbons (Fsp3) is 0.684. The minimum Gasteiger partial charge on any atom is -0.480 e. The lowest BCUT2D eigenvalue weighted by atomic mass is 10.1. The highest BCUT2D eigenvalue weighted by atomic mass is 16.5. The van der Waals surface area contributed by atoms with Gasteiger partial charge in [-0.3, -0.25) is 4.57 Å². The maximum Gasteiger partial charge on any atom is 0.294 e. The van der Waals surface area contributed by atoms with Crippen LogP contribution in [0.25, 0.3) is 11.0 Å². The molecule has 0 aromatic carbocycles. The number of hydrogen-bond acceptors (Lipinski definition) is 6. The summed E-state index contributed by atoms with van der Waals surface area (Å²) in [7, 11) is 2.14. The molecule has 0 aliphatic heterocycles. The number of unbranched alkanes of at least 4 members (excludes halogenated alkanes) is 2. The molecular formula is C19H33N5O2. The first kappa shape index (κ1) is 20.3. The molecule has 0 saturated carbocycles. The smallest absolute Gasteiger partial charge is 0.294 e. The van der Waals surface area contributed by atoms with E-state index in [1.807, 2.05) is 6.07 Å². The second-order valence-electron chi connectivity index (χ2n) is 7.78. The number of aryl methyl sites for hydroxylation is 1. The van der Waals surface area contributed by atoms with Crippen LogP contribution in [0, 0.1) is 0 Å². The van der Waals surface area contributed by atoms with Crippen molar-refractivity contribution in [2.45, 2.75) is 65.5 Å². The monoisotopic (exact) mass is 363 g/mol. The van der Waals surface area contributed by atoms with Gasteiger partial charge in [-0.25, -0.2) is 0 Å². The van der Waals surface area contributed by atoms with Crippen molar-refractivity contribution in [3.8, 4) is 11.9 Å². The van der Waals surface area contributed by atoms with Gasteiger partial charge in [-0.15, -0.1) is 0 Å². The van der Waals surface area contributed by atoms with Gasteiger partial charge in [0.05, 0.1) is 12.1 Å². The van der Waals surface area contributed by atoms with Gasteiger partial charge in [-0.05, 0) is 53.6 Å². The predicted molar refractivity (Wildman–Crippen MR) is 106 cm³/mol. The Morgan fingerprint density at radius 1 is 1.23 bits per heavy atom. The van der Waals surface area contributed by atoms with Gasteiger partial charge in [0.15, 0.2) is 5.82 Å². The van der Waals surface area contributed by atoms with Crippen LogP contribution in [0.1, 0.15) is 53.4 Å². The Hall–Kier alpha value is -2.02. The van der Waals surface area contributed by atoms with E-state index < -0.39 is 0 Å². The fourth-order valence-electron chi connectivity index (χ4n) is 2.68. The summed E-state index contributed by atoms with van der Waals surface area (Å²) in [5.74, 6) is 0.771. The van der Waals surface area contributed by atoms with E-state index in [9.17, 15) is 5.11 Å². The van der Waals surface area contributed by atoms with E-state index in [2.05, 4.69) is 49.6 Å². The first-order chi connectivity index (χ1) is 12.2. The van der Waals surface area contributed by atoms with E-state index in [0.717, 1.165) is 37.7 Å². The van der Waals surface area contributed by atoms with Crippen molar-refractivity contribution in [3.63, 3.8) is 0 Å². The standard InChI is InChI=1S/C19H33N5O2/c1-6-7-12-26-15-13-14-16(17(20)21-15)22-18(25)24(14)11-9-8-10-23(5)19(2,3)4/h13H,6-12H2,1-5H3,(H2,20,21)(H,22,25). The number of anilines is 1. The van der Waals surface area contributed by atoms with Gasteiger partial charge in [0.2, 0.25) is 5.88 Å². The Kier molecular flexibility index (Phi) is 6.69. The van der Waals surface area contributed by atoms with E-state index in [4.69, 9.17) is 10.5 Å². The molecule has 7 nitrogen and oxygen atoms in total. The number of ether oxygens (including phenoxy) is 1. The summed E-state index contributed by atoms with van der Waals surface area (Å²) < 4.78 is 7.46. The van der Waals surface area contributed by atoms with Crippen LogP contribution in [0.4, 0.5) is 5.82 Å². The maximum atomic E-state index is 10.2. The lowest BCUT2D eigenvalue weighted by Gasteiger charge is -2.31. The predicted octanol–water partition coefficient (Wildman–Crippen LogP) is 3.41. The molecule has 26 heavy (non-hydrogen) atoms. The molecule has 2 aromatic rings. The number of nitrogens with zero attached hydrogens (tertiary/aromatic N) is 4. The molecule has 0 bridgehead atoms. The topological polar surface area (TPSA) is 89.4 Å². The molecule has 0 radical (unpaired) electrons. The largest absolute Gasteiger partial charge is 0.480 e. The van der Waals surface area contributed by atoms with Crippen LogP contribution in [0.3, 0.4) is 0 Å². The Morgan fingerprint density at radius 3 is 2.62 bits per heavy atom. The molecule has 0 fully saturated rings. The first-order valence-electron chi connectivity index (χ1n) is 9.43. The minimum absolute atomic E-state index is 0.0246. The van der Waals surface area contributed by atoms with Crippen LogP contribution < -0.4 is 10.5 Å². The van der Waals surface area contributed by atoms with E-state index in [-0.39, 0.29) is 17.4 Å². The van der Waals surface area contributed by atoms with Gasteiger partial charge in [0.25, 0.3) is 6.01 Å². The molecule has 2 rings (SSSR count). The highest BCUT2D eigenvalue weighted by Gasteiger charge is 2.17. The Labute approximate surface area is 156 Å². The summed E-state index contributed by atoms with van der Waals surface area (Å²) in [5.41, 5.74) is 7.46. The van der Waals surface area contributed by atoms with Crippen LogP contribution in [0.15, 0.2) is 6.07 Å². The third-order valence-electron chi connectivity index (χ3n) is 4.74. The van der Waals surface area contributed by atoms with Crippen LogP contribution >= 0.6 is 0 Å². The van der Waals surface area contributed by atoms with Gasteiger partial charge < -0.3 is 20.5 Å². The van der Waals surface area contributed by atoms with Crippen LogP contribution in [0.2, 0.25) is 0 Å². The lowest BCUT2D eigenvalue weighted by Crippen LogP contribution is -2.38. The normalized spacial score (nSPS) is 12.2. The number of nitrogen functional groups attached to an aromatic ring is 1. The van der Waals surface area contributed by atoms with Crippen molar-refractivity contribution in [2.75, 3.05) is 25.9 Å². The number of imidazole rings is 1. The fourth-order valence-corrected chi connectivity index (χ4v) is 2.68. The zero-order valence-corrected chi connectivity index (χ0v) is 16.7. The SMILES string of the molecule is CCCCOc1cc2c(nc(O)n2CCCCN(C)C(C)(C)C)c(N)n1. The Balaban J connectivity index is 2.07. The summed E-state index contributed by atoms with van der Waals surface area (Å²) >= 11 is 0. The highest BCUT2D eigenvalue weighted by molar-refractivity contribution is 5.86. The van der Waals surface area contributed by atoms with Gasteiger partial charge in [0.1, 0.15) is 5.52 Å². The summed E-state index contributed by atoms with van der Waals surface area (Å²) in [6.45, 7) is 11.0. The molecule has 0 aliphatic carbocycles. The Morgan fingerprint density at radius 2 is 1.96 bits per heavy atom. The van der Waals surface area contributed by atoms with Crippen molar-refractivity contribution in [1.82, 2.24) is 19.4 Å². The first-order valence-corrected chi connectivity index (χ1v) is 9.43. The van der Waals surface area contributed by atoms with Crippen LogP contribution in [-0.2, 0) is 6.54 Å². The van der Waals surface area contributed by atoms with E-state index in [1.165, 1.54) is 0 Å². The third kappa shape index (κ3) is 5.00. The second-order valence-corrected chi connectivity index (χ2v) is 7.78. The number of aromatic hydroxyl groups is 1. The number of nitrogens with two attached hydrogens (primary N) is 1. The average molecular weight is 364 g/mol. The highest BCUT2D eigenvalue weighted by Crippen LogP contribution is 2.28. The molecule has 3 N–H and O–H groups in total. The number of hydrogen-bond donors (Lipinski definition) is 2. The molecule has 2 heterocycles. The van der Waals surface area contributed by atoms with Crippen molar-refractivity contribution >= 4 is 16.9 Å². The summed E-state index contributed by atoms with van der Waals surface area (Å²) in [4.78, 5) is 10.7. The molecule has 0 atom stereocenters. The number of aromatic nitrogens is 3. The summed E-state index contributed by atoms with van der Waals surface area (Å²) in [5, 5.41) is 10.2.